The van der Waals surface area contributed by atoms with Crippen LogP contribution in [0.5, 0.6) is 0 Å². The topological polar surface area (TPSA) is 45.5 Å². The average molecular weight is 315 g/mol. The number of halogens is 1. The van der Waals surface area contributed by atoms with E-state index < -0.39 is 0 Å². The molecule has 0 atom stereocenters. The molecule has 90 valence electrons. The Kier molecular flexibility index (Phi) is 3.35. The van der Waals surface area contributed by atoms with Crippen LogP contribution in [-0.2, 0) is 0 Å². The van der Waals surface area contributed by atoms with E-state index in [1.165, 1.54) is 6.26 Å². The van der Waals surface area contributed by atoms with Crippen molar-refractivity contribution in [2.45, 2.75) is 0 Å². The van der Waals surface area contributed by atoms with E-state index in [4.69, 9.17) is 4.42 Å². The minimum Gasteiger partial charge on any atom is -0.463 e. The first-order valence-electron chi connectivity index (χ1n) is 4.90. The van der Waals surface area contributed by atoms with E-state index in [1.807, 2.05) is 19.2 Å². The van der Waals surface area contributed by atoms with Gasteiger partial charge in [0.15, 0.2) is 0 Å². The van der Waals surface area contributed by atoms with Gasteiger partial charge in [0.2, 0.25) is 0 Å². The quantitative estimate of drug-likeness (QED) is 0.838. The van der Waals surface area contributed by atoms with Gasteiger partial charge in [-0.05, 0) is 22.0 Å². The predicted octanol–water partition coefficient (Wildman–Crippen LogP) is 2.84. The van der Waals surface area contributed by atoms with Crippen molar-refractivity contribution in [1.29, 1.82) is 0 Å². The number of hydrogen-bond donors (Lipinski definition) is 2. The molecule has 0 aliphatic heterocycles. The van der Waals surface area contributed by atoms with Gasteiger partial charge in [0.25, 0.3) is 5.91 Å². The number of nitrogens with zero attached hydrogens (tertiary/aromatic N) is 1. The van der Waals surface area contributed by atoms with Crippen LogP contribution in [0.15, 0.2) is 27.3 Å². The Morgan fingerprint density at radius 1 is 1.53 bits per heavy atom. The second-order valence-corrected chi connectivity index (χ2v) is 5.01. The Hall–Kier alpha value is -1.14. The Bertz CT molecular complexity index is 580. The number of amides is 1. The van der Waals surface area contributed by atoms with Crippen LogP contribution in [0.3, 0.4) is 0 Å². The van der Waals surface area contributed by atoms with Crippen molar-refractivity contribution >= 4 is 51.3 Å². The largest absolute Gasteiger partial charge is 0.463 e. The maximum absolute atomic E-state index is 11.6. The highest BCUT2D eigenvalue weighted by Gasteiger charge is 2.15. The standard InChI is InChI=1S/C11H11BrN2O2S/c1-13-11(15)7-5-16-10-4-9(14(2)17)8(12)3-6(7)10/h3-5,17H,1-2H3,(H,13,15). The lowest BCUT2D eigenvalue weighted by Crippen LogP contribution is -2.17. The van der Waals surface area contributed by atoms with Gasteiger partial charge in [-0.25, -0.2) is 0 Å². The smallest absolute Gasteiger partial charge is 0.254 e. The molecule has 1 heterocycles. The van der Waals surface area contributed by atoms with Crippen molar-refractivity contribution in [2.75, 3.05) is 18.4 Å². The van der Waals surface area contributed by atoms with E-state index in [1.54, 1.807) is 11.4 Å². The van der Waals surface area contributed by atoms with Gasteiger partial charge in [-0.15, -0.1) is 0 Å². The highest BCUT2D eigenvalue weighted by molar-refractivity contribution is 9.10. The molecule has 1 amide bonds. The normalized spacial score (nSPS) is 10.6. The van der Waals surface area contributed by atoms with E-state index in [2.05, 4.69) is 34.1 Å². The molecule has 0 radical (unpaired) electrons. The first-order chi connectivity index (χ1) is 8.04. The maximum Gasteiger partial charge on any atom is 0.254 e. The molecule has 0 unspecified atom stereocenters. The van der Waals surface area contributed by atoms with Gasteiger partial charge >= 0.3 is 0 Å². The minimum absolute atomic E-state index is 0.164. The minimum atomic E-state index is -0.164. The molecule has 0 aliphatic carbocycles. The van der Waals surface area contributed by atoms with Gasteiger partial charge in [0.05, 0.1) is 11.3 Å². The maximum atomic E-state index is 11.6. The van der Waals surface area contributed by atoms with Gasteiger partial charge < -0.3 is 14.0 Å². The molecule has 0 aliphatic rings. The van der Waals surface area contributed by atoms with E-state index in [0.29, 0.717) is 11.1 Å². The van der Waals surface area contributed by atoms with Gasteiger partial charge in [0.1, 0.15) is 11.8 Å². The number of fused-ring (bicyclic) bond motifs is 1. The zero-order chi connectivity index (χ0) is 12.6. The number of benzene rings is 1. The lowest BCUT2D eigenvalue weighted by atomic mass is 10.1. The second-order valence-electron chi connectivity index (χ2n) is 3.55. The molecule has 0 spiro atoms. The predicted molar refractivity (Wildman–Crippen MR) is 74.7 cm³/mol. The molecule has 6 heteroatoms. The number of thiol groups is 1. The number of carbonyl (C=O) groups is 1. The third-order valence-electron chi connectivity index (χ3n) is 2.46. The second kappa shape index (κ2) is 4.62. The van der Waals surface area contributed by atoms with Crippen LogP contribution in [0.25, 0.3) is 11.0 Å². The molecule has 0 fully saturated rings. The first kappa shape index (κ1) is 12.3. The van der Waals surface area contributed by atoms with Gasteiger partial charge in [-0.1, -0.05) is 12.8 Å². The lowest BCUT2D eigenvalue weighted by molar-refractivity contribution is 0.0964. The van der Waals surface area contributed by atoms with Crippen LogP contribution in [0, 0.1) is 0 Å². The Labute approximate surface area is 113 Å². The fourth-order valence-corrected chi connectivity index (χ4v) is 2.51. The van der Waals surface area contributed by atoms with E-state index in [-0.39, 0.29) is 5.91 Å². The molecule has 2 rings (SSSR count). The number of nitrogens with one attached hydrogen (secondary N) is 1. The van der Waals surface area contributed by atoms with Gasteiger partial charge in [-0.2, -0.15) is 0 Å². The monoisotopic (exact) mass is 314 g/mol. The number of hydrogen-bond acceptors (Lipinski definition) is 4. The fraction of sp³-hybridized carbons (Fsp3) is 0.182. The molecule has 2 aromatic rings. The summed E-state index contributed by atoms with van der Waals surface area (Å²) in [7, 11) is 3.41. The summed E-state index contributed by atoms with van der Waals surface area (Å²) in [6.45, 7) is 0. The summed E-state index contributed by atoms with van der Waals surface area (Å²) in [5.41, 5.74) is 2.05. The van der Waals surface area contributed by atoms with Crippen molar-refractivity contribution in [1.82, 2.24) is 5.32 Å². The van der Waals surface area contributed by atoms with Crippen LogP contribution in [0.4, 0.5) is 5.69 Å². The number of rotatable bonds is 2. The summed E-state index contributed by atoms with van der Waals surface area (Å²) in [5, 5.41) is 3.35. The summed E-state index contributed by atoms with van der Waals surface area (Å²) in [5.74, 6) is -0.164. The highest BCUT2D eigenvalue weighted by Crippen LogP contribution is 2.33. The highest BCUT2D eigenvalue weighted by atomic mass is 79.9. The van der Waals surface area contributed by atoms with Crippen LogP contribution in [-0.4, -0.2) is 20.0 Å². The molecule has 0 saturated heterocycles. The van der Waals surface area contributed by atoms with Crippen molar-refractivity contribution in [3.05, 3.63) is 28.4 Å². The van der Waals surface area contributed by atoms with Gasteiger partial charge in [0, 0.05) is 30.0 Å². The Balaban J connectivity index is 2.64. The number of carbonyl (C=O) groups excluding carboxylic acids is 1. The van der Waals surface area contributed by atoms with Crippen molar-refractivity contribution < 1.29 is 9.21 Å². The molecule has 17 heavy (non-hydrogen) atoms. The average Bonchev–Trinajstić information content (AvgIpc) is 2.69. The third-order valence-corrected chi connectivity index (χ3v) is 3.31. The molecule has 4 nitrogen and oxygen atoms in total. The summed E-state index contributed by atoms with van der Waals surface area (Å²) in [6.07, 6.45) is 1.46. The van der Waals surface area contributed by atoms with E-state index in [9.17, 15) is 4.79 Å². The van der Waals surface area contributed by atoms with Crippen LogP contribution >= 0.6 is 28.7 Å². The molecule has 1 aromatic heterocycles. The number of furan rings is 1. The van der Waals surface area contributed by atoms with E-state index >= 15 is 0 Å². The third kappa shape index (κ3) is 2.14. The van der Waals surface area contributed by atoms with Crippen LogP contribution < -0.4 is 9.62 Å². The fourth-order valence-electron chi connectivity index (χ4n) is 1.60. The Morgan fingerprint density at radius 2 is 2.24 bits per heavy atom. The summed E-state index contributed by atoms with van der Waals surface area (Å²) in [4.78, 5) is 11.6. The van der Waals surface area contributed by atoms with Crippen molar-refractivity contribution in [3.8, 4) is 0 Å². The van der Waals surface area contributed by atoms with Gasteiger partial charge in [-0.3, -0.25) is 4.79 Å². The Morgan fingerprint density at radius 3 is 2.82 bits per heavy atom. The zero-order valence-corrected chi connectivity index (χ0v) is 11.8. The number of anilines is 1. The zero-order valence-electron chi connectivity index (χ0n) is 9.32. The first-order valence-corrected chi connectivity index (χ1v) is 6.09. The summed E-state index contributed by atoms with van der Waals surface area (Å²) < 4.78 is 7.90. The lowest BCUT2D eigenvalue weighted by Gasteiger charge is -2.12. The molecular weight excluding hydrogens is 304 g/mol. The summed E-state index contributed by atoms with van der Waals surface area (Å²) >= 11 is 7.67. The van der Waals surface area contributed by atoms with E-state index in [0.717, 1.165) is 15.5 Å². The van der Waals surface area contributed by atoms with Crippen LogP contribution in [0.1, 0.15) is 10.4 Å². The molecule has 0 saturated carbocycles. The van der Waals surface area contributed by atoms with Crippen molar-refractivity contribution in [3.63, 3.8) is 0 Å². The van der Waals surface area contributed by atoms with Crippen molar-refractivity contribution in [2.24, 2.45) is 0 Å². The SMILES string of the molecule is CNC(=O)c1coc2cc(N(C)S)c(Br)cc12. The molecule has 0 bridgehead atoms. The van der Waals surface area contributed by atoms with Crippen LogP contribution in [0.2, 0.25) is 0 Å². The molecule has 1 aromatic carbocycles. The molecular formula is C11H11BrN2O2S. The molecule has 1 N–H and O–H groups in total. The summed E-state index contributed by atoms with van der Waals surface area (Å²) in [6, 6.07) is 3.68.